The highest BCUT2D eigenvalue weighted by atomic mass is 32.2. The van der Waals surface area contributed by atoms with Gasteiger partial charge in [-0.25, -0.2) is 8.42 Å². The Morgan fingerprint density at radius 3 is 2.30 bits per heavy atom. The standard InChI is InChI=1S/C20H29N7O5S/c21-18(29)12-3-7-15(8-4-12)33(31,32)26-16(19(30)25-13-5-6-13)10-17(28)24-14-2-1-9-27(11-14)20(22)23/h3-4,7-8,13-14,16,26H,1-2,5-6,9-11H2,(H2,21,29)(H3,22,23)(H,24,28)(H,25,30)/t14?,16-/m0/s1. The zero-order valence-electron chi connectivity index (χ0n) is 18.0. The van der Waals surface area contributed by atoms with Crippen LogP contribution in [0.15, 0.2) is 29.2 Å². The van der Waals surface area contributed by atoms with Crippen molar-refractivity contribution in [2.24, 2.45) is 11.5 Å². The number of rotatable bonds is 9. The number of primary amides is 1. The maximum atomic E-state index is 12.8. The van der Waals surface area contributed by atoms with Crippen molar-refractivity contribution in [2.75, 3.05) is 13.1 Å². The van der Waals surface area contributed by atoms with E-state index in [1.807, 2.05) is 0 Å². The summed E-state index contributed by atoms with van der Waals surface area (Å²) >= 11 is 0. The number of likely N-dealkylation sites (tertiary alicyclic amines) is 1. The molecule has 12 nitrogen and oxygen atoms in total. The molecule has 0 spiro atoms. The summed E-state index contributed by atoms with van der Waals surface area (Å²) in [4.78, 5) is 38.0. The zero-order chi connectivity index (χ0) is 24.2. The van der Waals surface area contributed by atoms with Crippen LogP contribution in [0.1, 0.15) is 42.5 Å². The number of hydrogen-bond donors (Lipinski definition) is 6. The van der Waals surface area contributed by atoms with Crippen LogP contribution in [-0.4, -0.2) is 68.2 Å². The van der Waals surface area contributed by atoms with Gasteiger partial charge >= 0.3 is 0 Å². The summed E-state index contributed by atoms with van der Waals surface area (Å²) in [6.07, 6.45) is 2.63. The number of nitrogens with one attached hydrogen (secondary N) is 4. The van der Waals surface area contributed by atoms with Crippen molar-refractivity contribution >= 4 is 33.7 Å². The molecule has 0 bridgehead atoms. The normalized spacial score (nSPS) is 19.4. The molecule has 13 heteroatoms. The van der Waals surface area contributed by atoms with E-state index in [-0.39, 0.29) is 28.5 Å². The fourth-order valence-corrected chi connectivity index (χ4v) is 4.75. The van der Waals surface area contributed by atoms with Gasteiger partial charge < -0.3 is 27.0 Å². The Morgan fingerprint density at radius 1 is 1.06 bits per heavy atom. The summed E-state index contributed by atoms with van der Waals surface area (Å²) in [6.45, 7) is 1.00. The predicted octanol–water partition coefficient (Wildman–Crippen LogP) is -1.42. The Morgan fingerprint density at radius 2 is 1.73 bits per heavy atom. The SMILES string of the molecule is N=C(N)N1CCCC(NC(=O)C[C@H](NS(=O)(=O)c2ccc(C(N)=O)cc2)C(=O)NC2CC2)C1. The van der Waals surface area contributed by atoms with E-state index in [0.29, 0.717) is 19.5 Å². The molecule has 3 rings (SSSR count). The molecule has 1 aromatic rings. The van der Waals surface area contributed by atoms with Crippen molar-refractivity contribution < 1.29 is 22.8 Å². The molecule has 0 radical (unpaired) electrons. The van der Waals surface area contributed by atoms with E-state index in [2.05, 4.69) is 15.4 Å². The van der Waals surface area contributed by atoms with E-state index in [1.54, 1.807) is 4.90 Å². The number of hydrogen-bond acceptors (Lipinski definition) is 6. The molecule has 1 aromatic carbocycles. The third-order valence-corrected chi connectivity index (χ3v) is 6.99. The number of amides is 3. The van der Waals surface area contributed by atoms with Crippen molar-refractivity contribution in [3.8, 4) is 0 Å². The van der Waals surface area contributed by atoms with Crippen LogP contribution in [0.3, 0.4) is 0 Å². The number of piperidine rings is 1. The van der Waals surface area contributed by atoms with E-state index in [4.69, 9.17) is 16.9 Å². The van der Waals surface area contributed by atoms with Crippen LogP contribution in [0.4, 0.5) is 0 Å². The van der Waals surface area contributed by atoms with Crippen molar-refractivity contribution in [3.63, 3.8) is 0 Å². The summed E-state index contributed by atoms with van der Waals surface area (Å²) in [5, 5.41) is 13.1. The maximum absolute atomic E-state index is 12.8. The molecule has 33 heavy (non-hydrogen) atoms. The second-order valence-corrected chi connectivity index (χ2v) is 10.0. The highest BCUT2D eigenvalue weighted by molar-refractivity contribution is 7.89. The number of benzene rings is 1. The number of guanidine groups is 1. The van der Waals surface area contributed by atoms with Crippen molar-refractivity contribution in [2.45, 2.75) is 55.1 Å². The average Bonchev–Trinajstić information content (AvgIpc) is 3.57. The van der Waals surface area contributed by atoms with Gasteiger partial charge in [0, 0.05) is 30.7 Å². The summed E-state index contributed by atoms with van der Waals surface area (Å²) in [5.41, 5.74) is 10.8. The summed E-state index contributed by atoms with van der Waals surface area (Å²) in [7, 11) is -4.16. The van der Waals surface area contributed by atoms with Crippen molar-refractivity contribution in [1.82, 2.24) is 20.3 Å². The van der Waals surface area contributed by atoms with Crippen LogP contribution in [0.25, 0.3) is 0 Å². The van der Waals surface area contributed by atoms with Gasteiger partial charge in [0.2, 0.25) is 27.7 Å². The van der Waals surface area contributed by atoms with E-state index in [0.717, 1.165) is 19.3 Å². The first-order valence-corrected chi connectivity index (χ1v) is 12.1. The second-order valence-electron chi connectivity index (χ2n) is 8.29. The largest absolute Gasteiger partial charge is 0.370 e. The minimum absolute atomic E-state index is 0.0233. The quantitative estimate of drug-likeness (QED) is 0.184. The zero-order valence-corrected chi connectivity index (χ0v) is 18.9. The average molecular weight is 480 g/mol. The fraction of sp³-hybridized carbons (Fsp3) is 0.500. The molecule has 180 valence electrons. The minimum atomic E-state index is -4.16. The summed E-state index contributed by atoms with van der Waals surface area (Å²) in [6, 6.07) is 3.34. The van der Waals surface area contributed by atoms with Gasteiger partial charge in [0.05, 0.1) is 11.3 Å². The molecule has 1 saturated heterocycles. The van der Waals surface area contributed by atoms with E-state index >= 15 is 0 Å². The van der Waals surface area contributed by atoms with E-state index < -0.39 is 40.2 Å². The molecular formula is C20H29N7O5S. The highest BCUT2D eigenvalue weighted by Gasteiger charge is 2.33. The molecule has 2 atom stereocenters. The smallest absolute Gasteiger partial charge is 0.248 e. The van der Waals surface area contributed by atoms with Crippen LogP contribution in [0, 0.1) is 5.41 Å². The molecule has 0 aromatic heterocycles. The molecule has 1 unspecified atom stereocenters. The van der Waals surface area contributed by atoms with E-state index in [1.165, 1.54) is 24.3 Å². The fourth-order valence-electron chi connectivity index (χ4n) is 3.56. The van der Waals surface area contributed by atoms with Gasteiger partial charge in [-0.2, -0.15) is 4.72 Å². The second kappa shape index (κ2) is 10.2. The number of nitrogens with two attached hydrogens (primary N) is 2. The third-order valence-electron chi connectivity index (χ3n) is 5.50. The Bertz CT molecular complexity index is 1020. The Kier molecular flexibility index (Phi) is 7.53. The Balaban J connectivity index is 1.68. The van der Waals surface area contributed by atoms with Crippen molar-refractivity contribution in [3.05, 3.63) is 29.8 Å². The van der Waals surface area contributed by atoms with Gasteiger partial charge in [-0.05, 0) is 49.9 Å². The number of nitrogens with zero attached hydrogens (tertiary/aromatic N) is 1. The first-order valence-electron chi connectivity index (χ1n) is 10.7. The van der Waals surface area contributed by atoms with Crippen LogP contribution < -0.4 is 26.8 Å². The lowest BCUT2D eigenvalue weighted by molar-refractivity contribution is -0.128. The minimum Gasteiger partial charge on any atom is -0.370 e. The summed E-state index contributed by atoms with van der Waals surface area (Å²) < 4.78 is 28.0. The molecular weight excluding hydrogens is 450 g/mol. The molecule has 2 aliphatic rings. The number of carbonyl (C=O) groups excluding carboxylic acids is 3. The predicted molar refractivity (Wildman–Crippen MR) is 120 cm³/mol. The molecule has 1 heterocycles. The first-order chi connectivity index (χ1) is 15.5. The third kappa shape index (κ3) is 6.89. The van der Waals surface area contributed by atoms with Crippen LogP contribution in [-0.2, 0) is 19.6 Å². The van der Waals surface area contributed by atoms with Gasteiger partial charge in [-0.1, -0.05) is 0 Å². The van der Waals surface area contributed by atoms with Crippen LogP contribution in [0.5, 0.6) is 0 Å². The Labute approximate surface area is 192 Å². The first kappa shape index (κ1) is 24.5. The van der Waals surface area contributed by atoms with Gasteiger partial charge in [-0.15, -0.1) is 0 Å². The maximum Gasteiger partial charge on any atom is 0.248 e. The molecule has 1 aliphatic carbocycles. The molecule has 2 fully saturated rings. The van der Waals surface area contributed by atoms with Gasteiger partial charge in [-0.3, -0.25) is 19.8 Å². The van der Waals surface area contributed by atoms with Gasteiger partial charge in [0.25, 0.3) is 0 Å². The van der Waals surface area contributed by atoms with Gasteiger partial charge in [0.15, 0.2) is 5.96 Å². The number of carbonyl (C=O) groups is 3. The number of sulfonamides is 1. The lowest BCUT2D eigenvalue weighted by atomic mass is 10.1. The topological polar surface area (TPSA) is 201 Å². The van der Waals surface area contributed by atoms with Gasteiger partial charge in [0.1, 0.15) is 6.04 Å². The lowest BCUT2D eigenvalue weighted by Gasteiger charge is -2.33. The monoisotopic (exact) mass is 479 g/mol. The Hall–Kier alpha value is -3.19. The lowest BCUT2D eigenvalue weighted by Crippen LogP contribution is -2.53. The van der Waals surface area contributed by atoms with E-state index in [9.17, 15) is 22.8 Å². The van der Waals surface area contributed by atoms with Crippen LogP contribution in [0.2, 0.25) is 0 Å². The molecule has 1 aliphatic heterocycles. The molecule has 1 saturated carbocycles. The molecule has 3 amide bonds. The molecule has 8 N–H and O–H groups in total. The summed E-state index contributed by atoms with van der Waals surface area (Å²) in [5.74, 6) is -1.85. The highest BCUT2D eigenvalue weighted by Crippen LogP contribution is 2.19. The van der Waals surface area contributed by atoms with Crippen molar-refractivity contribution in [1.29, 1.82) is 5.41 Å². The van der Waals surface area contributed by atoms with Crippen LogP contribution >= 0.6 is 0 Å².